The normalized spacial score (nSPS) is 10.6. The minimum atomic E-state index is -0.728. The third-order valence-corrected chi connectivity index (χ3v) is 3.72. The zero-order valence-corrected chi connectivity index (χ0v) is 15.1. The number of anilines is 1. The molecule has 2 aromatic rings. The third-order valence-electron chi connectivity index (χ3n) is 3.14. The van der Waals surface area contributed by atoms with Crippen LogP contribution in [0.15, 0.2) is 42.5 Å². The summed E-state index contributed by atoms with van der Waals surface area (Å²) in [5, 5.41) is 2.82. The molecule has 2 aromatic carbocycles. The second-order valence-electron chi connectivity index (χ2n) is 5.01. The van der Waals surface area contributed by atoms with E-state index in [0.717, 1.165) is 6.08 Å². The van der Waals surface area contributed by atoms with Crippen LogP contribution in [-0.2, 0) is 14.3 Å². The largest absolute Gasteiger partial charge is 0.495 e. The molecular formula is C18H14Cl2FNO4. The molecule has 0 radical (unpaired) electrons. The van der Waals surface area contributed by atoms with Crippen molar-refractivity contribution in [3.05, 3.63) is 63.9 Å². The highest BCUT2D eigenvalue weighted by atomic mass is 35.5. The van der Waals surface area contributed by atoms with Crippen molar-refractivity contribution in [3.8, 4) is 5.75 Å². The molecular weight excluding hydrogens is 384 g/mol. The van der Waals surface area contributed by atoms with Crippen molar-refractivity contribution in [1.82, 2.24) is 0 Å². The van der Waals surface area contributed by atoms with E-state index >= 15 is 0 Å². The van der Waals surface area contributed by atoms with Crippen molar-refractivity contribution in [1.29, 1.82) is 0 Å². The molecule has 0 heterocycles. The van der Waals surface area contributed by atoms with Crippen molar-refractivity contribution in [2.24, 2.45) is 0 Å². The molecule has 0 atom stereocenters. The van der Waals surface area contributed by atoms with Crippen LogP contribution in [0.4, 0.5) is 10.1 Å². The van der Waals surface area contributed by atoms with Gasteiger partial charge in [-0.1, -0.05) is 29.3 Å². The first-order valence-electron chi connectivity index (χ1n) is 7.32. The van der Waals surface area contributed by atoms with Crippen LogP contribution >= 0.6 is 23.2 Å². The van der Waals surface area contributed by atoms with Crippen LogP contribution in [0.1, 0.15) is 5.56 Å². The van der Waals surface area contributed by atoms with Gasteiger partial charge in [0.05, 0.1) is 17.2 Å². The summed E-state index contributed by atoms with van der Waals surface area (Å²) >= 11 is 11.6. The number of benzene rings is 2. The van der Waals surface area contributed by atoms with Crippen LogP contribution < -0.4 is 10.1 Å². The molecule has 0 fully saturated rings. The molecule has 8 heteroatoms. The number of rotatable bonds is 6. The number of carbonyl (C=O) groups is 2. The molecule has 1 amide bonds. The number of hydrogen-bond acceptors (Lipinski definition) is 4. The molecule has 0 bridgehead atoms. The fraction of sp³-hybridized carbons (Fsp3) is 0.111. The van der Waals surface area contributed by atoms with Crippen LogP contribution in [0, 0.1) is 5.82 Å². The highest BCUT2D eigenvalue weighted by Crippen LogP contribution is 2.27. The first-order valence-corrected chi connectivity index (χ1v) is 8.08. The molecule has 2 rings (SSSR count). The van der Waals surface area contributed by atoms with E-state index in [9.17, 15) is 14.0 Å². The van der Waals surface area contributed by atoms with E-state index < -0.39 is 24.3 Å². The Kier molecular flexibility index (Phi) is 7.00. The molecule has 26 heavy (non-hydrogen) atoms. The fourth-order valence-corrected chi connectivity index (χ4v) is 2.35. The number of carbonyl (C=O) groups excluding carboxylic acids is 2. The Balaban J connectivity index is 1.84. The van der Waals surface area contributed by atoms with Gasteiger partial charge in [0.15, 0.2) is 6.61 Å². The molecule has 0 aliphatic heterocycles. The van der Waals surface area contributed by atoms with Gasteiger partial charge in [0.1, 0.15) is 11.6 Å². The highest BCUT2D eigenvalue weighted by molar-refractivity contribution is 6.32. The minimum Gasteiger partial charge on any atom is -0.495 e. The SMILES string of the molecule is COc1ccc(NC(=O)COC(=O)/C=C/c2ccc(F)c(Cl)c2)cc1Cl. The zero-order valence-electron chi connectivity index (χ0n) is 13.6. The lowest BCUT2D eigenvalue weighted by atomic mass is 10.2. The lowest BCUT2D eigenvalue weighted by Crippen LogP contribution is -2.20. The summed E-state index contributed by atoms with van der Waals surface area (Å²) in [4.78, 5) is 23.4. The predicted octanol–water partition coefficient (Wildman–Crippen LogP) is 4.34. The van der Waals surface area contributed by atoms with E-state index in [1.54, 1.807) is 12.1 Å². The second kappa shape index (κ2) is 9.22. The van der Waals surface area contributed by atoms with E-state index in [1.807, 2.05) is 0 Å². The number of esters is 1. The van der Waals surface area contributed by atoms with Crippen LogP contribution in [0.25, 0.3) is 6.08 Å². The second-order valence-corrected chi connectivity index (χ2v) is 5.83. The van der Waals surface area contributed by atoms with Gasteiger partial charge in [0.25, 0.3) is 5.91 Å². The van der Waals surface area contributed by atoms with Gasteiger partial charge in [0, 0.05) is 11.8 Å². The number of amides is 1. The molecule has 136 valence electrons. The van der Waals surface area contributed by atoms with Crippen molar-refractivity contribution < 1.29 is 23.5 Å². The van der Waals surface area contributed by atoms with Gasteiger partial charge in [-0.15, -0.1) is 0 Å². The third kappa shape index (κ3) is 5.75. The van der Waals surface area contributed by atoms with Crippen molar-refractivity contribution in [2.45, 2.75) is 0 Å². The Bertz CT molecular complexity index is 855. The van der Waals surface area contributed by atoms with Crippen molar-refractivity contribution >= 4 is 46.8 Å². The maximum absolute atomic E-state index is 13.0. The summed E-state index contributed by atoms with van der Waals surface area (Å²) < 4.78 is 22.9. The standard InChI is InChI=1S/C18H14Cl2FNO4/c1-25-16-6-4-12(9-14(16)20)22-17(23)10-26-18(24)7-3-11-2-5-15(21)13(19)8-11/h2-9H,10H2,1H3,(H,22,23)/b7-3+. The Hall–Kier alpha value is -2.57. The highest BCUT2D eigenvalue weighted by Gasteiger charge is 2.08. The Labute approximate surface area is 159 Å². The zero-order chi connectivity index (χ0) is 19.1. The van der Waals surface area contributed by atoms with Crippen LogP contribution in [0.5, 0.6) is 5.75 Å². The minimum absolute atomic E-state index is 0.0574. The van der Waals surface area contributed by atoms with Crippen molar-refractivity contribution in [2.75, 3.05) is 19.0 Å². The smallest absolute Gasteiger partial charge is 0.331 e. The molecule has 0 spiro atoms. The molecule has 1 N–H and O–H groups in total. The average Bonchev–Trinajstić information content (AvgIpc) is 2.61. The molecule has 0 unspecified atom stereocenters. The maximum atomic E-state index is 13.0. The molecule has 0 saturated carbocycles. The number of ether oxygens (including phenoxy) is 2. The fourth-order valence-electron chi connectivity index (χ4n) is 1.91. The first kappa shape index (κ1) is 19.8. The Morgan fingerprint density at radius 3 is 2.58 bits per heavy atom. The lowest BCUT2D eigenvalue weighted by Gasteiger charge is -2.08. The Morgan fingerprint density at radius 1 is 1.15 bits per heavy atom. The molecule has 0 saturated heterocycles. The molecule has 0 aromatic heterocycles. The first-order chi connectivity index (χ1) is 12.4. The van der Waals surface area contributed by atoms with E-state index in [4.69, 9.17) is 32.7 Å². The van der Waals surface area contributed by atoms with Crippen LogP contribution in [0.3, 0.4) is 0 Å². The number of methoxy groups -OCH3 is 1. The molecule has 0 aliphatic rings. The van der Waals surface area contributed by atoms with Gasteiger partial charge in [-0.05, 0) is 42.0 Å². The van der Waals surface area contributed by atoms with Gasteiger partial charge in [-0.25, -0.2) is 9.18 Å². The number of halogens is 3. The van der Waals surface area contributed by atoms with E-state index in [2.05, 4.69) is 5.32 Å². The summed E-state index contributed by atoms with van der Waals surface area (Å²) in [5.41, 5.74) is 0.957. The summed E-state index contributed by atoms with van der Waals surface area (Å²) in [6.07, 6.45) is 2.51. The lowest BCUT2D eigenvalue weighted by molar-refractivity contribution is -0.142. The van der Waals surface area contributed by atoms with Gasteiger partial charge in [0.2, 0.25) is 0 Å². The molecule has 0 aliphatic carbocycles. The summed E-state index contributed by atoms with van der Waals surface area (Å²) in [6, 6.07) is 8.70. The van der Waals surface area contributed by atoms with E-state index in [1.165, 1.54) is 37.5 Å². The van der Waals surface area contributed by atoms with Crippen molar-refractivity contribution in [3.63, 3.8) is 0 Å². The van der Waals surface area contributed by atoms with Gasteiger partial charge < -0.3 is 14.8 Å². The van der Waals surface area contributed by atoms with Crippen LogP contribution in [0.2, 0.25) is 10.0 Å². The predicted molar refractivity (Wildman–Crippen MR) is 98.0 cm³/mol. The van der Waals surface area contributed by atoms with E-state index in [0.29, 0.717) is 22.0 Å². The monoisotopic (exact) mass is 397 g/mol. The van der Waals surface area contributed by atoms with E-state index in [-0.39, 0.29) is 5.02 Å². The molecule has 5 nitrogen and oxygen atoms in total. The summed E-state index contributed by atoms with van der Waals surface area (Å²) in [5.74, 6) is -1.34. The average molecular weight is 398 g/mol. The van der Waals surface area contributed by atoms with Crippen LogP contribution in [-0.4, -0.2) is 25.6 Å². The topological polar surface area (TPSA) is 64.6 Å². The summed E-state index contributed by atoms with van der Waals surface area (Å²) in [6.45, 7) is -0.475. The quantitative estimate of drug-likeness (QED) is 0.581. The maximum Gasteiger partial charge on any atom is 0.331 e. The van der Waals surface area contributed by atoms with Gasteiger partial charge in [-0.3, -0.25) is 4.79 Å². The Morgan fingerprint density at radius 2 is 1.92 bits per heavy atom. The van der Waals surface area contributed by atoms with Gasteiger partial charge in [-0.2, -0.15) is 0 Å². The van der Waals surface area contributed by atoms with Gasteiger partial charge >= 0.3 is 5.97 Å². The number of hydrogen-bond donors (Lipinski definition) is 1. The number of nitrogens with one attached hydrogen (secondary N) is 1. The summed E-state index contributed by atoms with van der Waals surface area (Å²) in [7, 11) is 1.48.